The van der Waals surface area contributed by atoms with Gasteiger partial charge in [0.25, 0.3) is 11.8 Å². The normalized spacial score (nSPS) is 15.7. The molecule has 0 aromatic carbocycles. The predicted molar refractivity (Wildman–Crippen MR) is 90.3 cm³/mol. The summed E-state index contributed by atoms with van der Waals surface area (Å²) in [5, 5.41) is 2.86. The van der Waals surface area contributed by atoms with Crippen molar-refractivity contribution < 1.29 is 9.59 Å². The Kier molecular flexibility index (Phi) is 6.13. The van der Waals surface area contributed by atoms with Gasteiger partial charge in [0.15, 0.2) is 0 Å². The monoisotopic (exact) mass is 317 g/mol. The van der Waals surface area contributed by atoms with E-state index in [4.69, 9.17) is 0 Å². The van der Waals surface area contributed by atoms with Gasteiger partial charge in [-0.3, -0.25) is 9.59 Å². The second-order valence-corrected chi connectivity index (χ2v) is 6.82. The first-order chi connectivity index (χ1) is 11.0. The first kappa shape index (κ1) is 17.4. The van der Waals surface area contributed by atoms with Gasteiger partial charge in [0.1, 0.15) is 11.4 Å². The topological polar surface area (TPSA) is 62.3 Å². The highest BCUT2D eigenvalue weighted by molar-refractivity contribution is 5.96. The highest BCUT2D eigenvalue weighted by Gasteiger charge is 2.22. The Bertz CT molecular complexity index is 549. The van der Waals surface area contributed by atoms with Gasteiger partial charge in [0.2, 0.25) is 0 Å². The van der Waals surface area contributed by atoms with Crippen LogP contribution in [-0.4, -0.2) is 41.3 Å². The Balaban J connectivity index is 1.98. The summed E-state index contributed by atoms with van der Waals surface area (Å²) < 4.78 is 0. The molecule has 1 aromatic rings. The summed E-state index contributed by atoms with van der Waals surface area (Å²) in [6, 6.07) is 5.06. The minimum Gasteiger partial charge on any atom is -0.351 e. The number of nitrogens with zero attached hydrogens (tertiary/aromatic N) is 2. The lowest BCUT2D eigenvalue weighted by Gasteiger charge is -2.30. The van der Waals surface area contributed by atoms with Crippen molar-refractivity contribution in [2.75, 3.05) is 19.6 Å². The van der Waals surface area contributed by atoms with Crippen LogP contribution in [0.3, 0.4) is 0 Å². The Morgan fingerprint density at radius 3 is 2.57 bits per heavy atom. The van der Waals surface area contributed by atoms with Crippen molar-refractivity contribution in [3.63, 3.8) is 0 Å². The number of carbonyl (C=O) groups is 2. The molecule has 23 heavy (non-hydrogen) atoms. The van der Waals surface area contributed by atoms with E-state index in [1.54, 1.807) is 18.2 Å². The van der Waals surface area contributed by atoms with Crippen LogP contribution in [0.1, 0.15) is 61.0 Å². The number of likely N-dealkylation sites (tertiary alicyclic amines) is 1. The highest BCUT2D eigenvalue weighted by Crippen LogP contribution is 2.17. The zero-order valence-electron chi connectivity index (χ0n) is 14.3. The third-order valence-corrected chi connectivity index (χ3v) is 4.28. The molecular formula is C18H27N3O2. The van der Waals surface area contributed by atoms with Gasteiger partial charge in [0, 0.05) is 19.6 Å². The molecule has 2 amide bonds. The number of aromatic nitrogens is 1. The second kappa shape index (κ2) is 8.09. The van der Waals surface area contributed by atoms with Gasteiger partial charge in [0.05, 0.1) is 0 Å². The van der Waals surface area contributed by atoms with Crippen molar-refractivity contribution in [1.29, 1.82) is 0 Å². The molecule has 1 aromatic heterocycles. The molecule has 0 atom stereocenters. The van der Waals surface area contributed by atoms with Crippen LogP contribution in [0.2, 0.25) is 0 Å². The minimum absolute atomic E-state index is 0.0752. The van der Waals surface area contributed by atoms with Crippen molar-refractivity contribution in [1.82, 2.24) is 15.2 Å². The number of nitrogens with one attached hydrogen (secondary N) is 1. The summed E-state index contributed by atoms with van der Waals surface area (Å²) >= 11 is 0. The first-order valence-corrected chi connectivity index (χ1v) is 8.52. The number of hydrogen-bond donors (Lipinski definition) is 1. The zero-order chi connectivity index (χ0) is 16.8. The molecule has 126 valence electrons. The molecule has 0 spiro atoms. The van der Waals surface area contributed by atoms with E-state index in [0.29, 0.717) is 29.8 Å². The maximum Gasteiger partial charge on any atom is 0.272 e. The summed E-state index contributed by atoms with van der Waals surface area (Å²) in [6.45, 7) is 8.61. The Morgan fingerprint density at radius 1 is 1.26 bits per heavy atom. The Morgan fingerprint density at radius 2 is 1.91 bits per heavy atom. The van der Waals surface area contributed by atoms with E-state index >= 15 is 0 Å². The standard InChI is InChI=1S/C18H27N3O2/c1-13(2)7-10-19-17(22)15-5-4-6-16(20-15)18(23)21-11-8-14(3)9-12-21/h4-6,13-14H,7-12H2,1-3H3,(H,19,22). The minimum atomic E-state index is -0.215. The van der Waals surface area contributed by atoms with E-state index in [9.17, 15) is 9.59 Å². The van der Waals surface area contributed by atoms with Crippen molar-refractivity contribution in [3.8, 4) is 0 Å². The van der Waals surface area contributed by atoms with Crippen LogP contribution in [0.5, 0.6) is 0 Å². The van der Waals surface area contributed by atoms with Crippen molar-refractivity contribution in [3.05, 3.63) is 29.6 Å². The zero-order valence-corrected chi connectivity index (χ0v) is 14.3. The van der Waals surface area contributed by atoms with Crippen LogP contribution in [-0.2, 0) is 0 Å². The van der Waals surface area contributed by atoms with E-state index in [1.165, 1.54) is 0 Å². The van der Waals surface area contributed by atoms with Gasteiger partial charge < -0.3 is 10.2 Å². The lowest BCUT2D eigenvalue weighted by molar-refractivity contribution is 0.0691. The lowest BCUT2D eigenvalue weighted by atomic mass is 9.99. The fourth-order valence-electron chi connectivity index (χ4n) is 2.62. The molecule has 1 saturated heterocycles. The third kappa shape index (κ3) is 5.05. The second-order valence-electron chi connectivity index (χ2n) is 6.82. The Labute approximate surface area is 138 Å². The molecule has 0 bridgehead atoms. The molecule has 0 aliphatic carbocycles. The summed E-state index contributed by atoms with van der Waals surface area (Å²) in [7, 11) is 0. The van der Waals surface area contributed by atoms with E-state index in [0.717, 1.165) is 32.4 Å². The molecule has 1 aliphatic heterocycles. The van der Waals surface area contributed by atoms with Crippen molar-refractivity contribution in [2.45, 2.75) is 40.0 Å². The maximum atomic E-state index is 12.5. The number of amides is 2. The highest BCUT2D eigenvalue weighted by atomic mass is 16.2. The number of piperidine rings is 1. The van der Waals surface area contributed by atoms with E-state index in [2.05, 4.69) is 31.1 Å². The van der Waals surface area contributed by atoms with Gasteiger partial charge in [-0.25, -0.2) is 4.98 Å². The molecule has 5 heteroatoms. The van der Waals surface area contributed by atoms with Crippen LogP contribution < -0.4 is 5.32 Å². The molecule has 5 nitrogen and oxygen atoms in total. The molecule has 0 saturated carbocycles. The smallest absolute Gasteiger partial charge is 0.272 e. The SMILES string of the molecule is CC(C)CCNC(=O)c1cccc(C(=O)N2CCC(C)CC2)n1. The number of hydrogen-bond acceptors (Lipinski definition) is 3. The summed E-state index contributed by atoms with van der Waals surface area (Å²) in [5.74, 6) is 0.920. The van der Waals surface area contributed by atoms with Crippen LogP contribution in [0.4, 0.5) is 0 Å². The molecule has 1 N–H and O–H groups in total. The largest absolute Gasteiger partial charge is 0.351 e. The van der Waals surface area contributed by atoms with Crippen LogP contribution in [0, 0.1) is 11.8 Å². The van der Waals surface area contributed by atoms with Crippen LogP contribution >= 0.6 is 0 Å². The van der Waals surface area contributed by atoms with Gasteiger partial charge in [-0.15, -0.1) is 0 Å². The summed E-state index contributed by atoms with van der Waals surface area (Å²) in [6.07, 6.45) is 2.98. The van der Waals surface area contributed by atoms with Crippen molar-refractivity contribution in [2.24, 2.45) is 11.8 Å². The average Bonchev–Trinajstić information content (AvgIpc) is 2.54. The maximum absolute atomic E-state index is 12.5. The molecule has 0 radical (unpaired) electrons. The predicted octanol–water partition coefficient (Wildman–Crippen LogP) is 2.73. The number of pyridine rings is 1. The van der Waals surface area contributed by atoms with Gasteiger partial charge in [-0.1, -0.05) is 26.8 Å². The number of carbonyl (C=O) groups excluding carboxylic acids is 2. The van der Waals surface area contributed by atoms with E-state index < -0.39 is 0 Å². The van der Waals surface area contributed by atoms with Gasteiger partial charge in [-0.05, 0) is 43.2 Å². The van der Waals surface area contributed by atoms with E-state index in [-0.39, 0.29) is 11.8 Å². The van der Waals surface area contributed by atoms with Gasteiger partial charge >= 0.3 is 0 Å². The van der Waals surface area contributed by atoms with Crippen LogP contribution in [0.25, 0.3) is 0 Å². The van der Waals surface area contributed by atoms with Crippen LogP contribution in [0.15, 0.2) is 18.2 Å². The third-order valence-electron chi connectivity index (χ3n) is 4.28. The Hall–Kier alpha value is -1.91. The molecule has 2 rings (SSSR count). The fourth-order valence-corrected chi connectivity index (χ4v) is 2.62. The molecule has 1 fully saturated rings. The summed E-state index contributed by atoms with van der Waals surface area (Å²) in [5.41, 5.74) is 0.668. The van der Waals surface area contributed by atoms with E-state index in [1.807, 2.05) is 4.90 Å². The molecule has 1 aliphatic rings. The fraction of sp³-hybridized carbons (Fsp3) is 0.611. The molecule has 2 heterocycles. The van der Waals surface area contributed by atoms with Gasteiger partial charge in [-0.2, -0.15) is 0 Å². The lowest BCUT2D eigenvalue weighted by Crippen LogP contribution is -2.38. The molecular weight excluding hydrogens is 290 g/mol. The average molecular weight is 317 g/mol. The quantitative estimate of drug-likeness (QED) is 0.908. The summed E-state index contributed by atoms with van der Waals surface area (Å²) in [4.78, 5) is 30.7. The molecule has 0 unspecified atom stereocenters. The number of rotatable bonds is 5. The first-order valence-electron chi connectivity index (χ1n) is 8.52. The van der Waals surface area contributed by atoms with Crippen molar-refractivity contribution >= 4 is 11.8 Å².